The van der Waals surface area contributed by atoms with Crippen LogP contribution in [0.5, 0.6) is 5.75 Å². The van der Waals surface area contributed by atoms with Crippen LogP contribution in [0.15, 0.2) is 41.3 Å². The molecule has 0 heterocycles. The molecule has 108 valence electrons. The minimum Gasteiger partial charge on any atom is -0.506 e. The number of benzene rings is 2. The van der Waals surface area contributed by atoms with Crippen molar-refractivity contribution in [2.24, 2.45) is 0 Å². The Morgan fingerprint density at radius 3 is 2.57 bits per heavy atom. The normalized spacial score (nSPS) is 10.9. The van der Waals surface area contributed by atoms with Crippen molar-refractivity contribution in [2.45, 2.75) is 4.90 Å². The van der Waals surface area contributed by atoms with E-state index in [9.17, 15) is 13.5 Å². The van der Waals surface area contributed by atoms with E-state index in [0.717, 1.165) is 6.07 Å². The van der Waals surface area contributed by atoms with Crippen LogP contribution in [0, 0.1) is 11.3 Å². The van der Waals surface area contributed by atoms with E-state index in [1.165, 1.54) is 30.3 Å². The lowest BCUT2D eigenvalue weighted by Crippen LogP contribution is -2.13. The second kappa shape index (κ2) is 5.52. The van der Waals surface area contributed by atoms with Gasteiger partial charge in [-0.1, -0.05) is 11.6 Å². The molecule has 0 radical (unpaired) electrons. The fraction of sp³-hybridized carbons (Fsp3) is 0. The number of aromatic hydroxyl groups is 1. The van der Waals surface area contributed by atoms with E-state index in [4.69, 9.17) is 22.6 Å². The zero-order valence-corrected chi connectivity index (χ0v) is 12.1. The van der Waals surface area contributed by atoms with Gasteiger partial charge in [0.15, 0.2) is 0 Å². The van der Waals surface area contributed by atoms with Crippen LogP contribution < -0.4 is 10.5 Å². The number of nitrogens with two attached hydrogens (primary N) is 1. The monoisotopic (exact) mass is 323 g/mol. The third-order valence-corrected chi connectivity index (χ3v) is 4.36. The number of hydrogen-bond acceptors (Lipinski definition) is 5. The highest BCUT2D eigenvalue weighted by atomic mass is 35.5. The molecule has 0 bridgehead atoms. The molecular weight excluding hydrogens is 314 g/mol. The van der Waals surface area contributed by atoms with Gasteiger partial charge in [-0.15, -0.1) is 0 Å². The largest absolute Gasteiger partial charge is 0.506 e. The molecule has 2 aromatic carbocycles. The molecule has 2 rings (SSSR count). The van der Waals surface area contributed by atoms with Gasteiger partial charge in [0.05, 0.1) is 26.9 Å². The molecule has 0 saturated carbocycles. The Hall–Kier alpha value is -2.43. The quantitative estimate of drug-likeness (QED) is 0.592. The van der Waals surface area contributed by atoms with Crippen molar-refractivity contribution in [3.8, 4) is 11.8 Å². The number of nitrogens with zero attached hydrogens (tertiary/aromatic N) is 1. The number of phenolic OH excluding ortho intramolecular Hbond substituents is 1. The molecule has 2 aromatic rings. The second-order valence-electron chi connectivity index (χ2n) is 4.13. The van der Waals surface area contributed by atoms with Crippen molar-refractivity contribution in [3.05, 3.63) is 47.0 Å². The van der Waals surface area contributed by atoms with Crippen LogP contribution in [0.1, 0.15) is 5.56 Å². The van der Waals surface area contributed by atoms with E-state index < -0.39 is 10.0 Å². The molecule has 0 atom stereocenters. The van der Waals surface area contributed by atoms with E-state index in [2.05, 4.69) is 4.72 Å². The van der Waals surface area contributed by atoms with E-state index >= 15 is 0 Å². The first-order valence-electron chi connectivity index (χ1n) is 5.64. The molecule has 21 heavy (non-hydrogen) atoms. The van der Waals surface area contributed by atoms with Gasteiger partial charge in [0.25, 0.3) is 10.0 Å². The number of hydrogen-bond donors (Lipinski definition) is 3. The molecule has 0 saturated heterocycles. The highest BCUT2D eigenvalue weighted by Gasteiger charge is 2.16. The molecule has 0 aliphatic carbocycles. The van der Waals surface area contributed by atoms with Crippen LogP contribution in [-0.2, 0) is 10.0 Å². The number of phenols is 1. The highest BCUT2D eigenvalue weighted by molar-refractivity contribution is 7.92. The zero-order valence-electron chi connectivity index (χ0n) is 10.5. The highest BCUT2D eigenvalue weighted by Crippen LogP contribution is 2.26. The van der Waals surface area contributed by atoms with Crippen LogP contribution in [0.4, 0.5) is 11.4 Å². The van der Waals surface area contributed by atoms with Gasteiger partial charge in [-0.05, 0) is 36.4 Å². The van der Waals surface area contributed by atoms with Crippen LogP contribution in [-0.4, -0.2) is 13.5 Å². The van der Waals surface area contributed by atoms with Crippen molar-refractivity contribution >= 4 is 33.0 Å². The van der Waals surface area contributed by atoms with Gasteiger partial charge in [0.1, 0.15) is 11.8 Å². The number of nitrogen functional groups attached to an aromatic ring is 1. The molecule has 0 aliphatic rings. The molecule has 0 aliphatic heterocycles. The fourth-order valence-corrected chi connectivity index (χ4v) is 2.83. The molecule has 8 heteroatoms. The lowest BCUT2D eigenvalue weighted by molar-refractivity contribution is 0.477. The number of nitrogens with one attached hydrogen (secondary N) is 1. The third-order valence-electron chi connectivity index (χ3n) is 2.65. The molecule has 0 spiro atoms. The van der Waals surface area contributed by atoms with Gasteiger partial charge >= 0.3 is 0 Å². The molecule has 4 N–H and O–H groups in total. The topological polar surface area (TPSA) is 116 Å². The molecule has 0 amide bonds. The summed E-state index contributed by atoms with van der Waals surface area (Å²) in [6, 6.07) is 9.58. The van der Waals surface area contributed by atoms with Gasteiger partial charge < -0.3 is 10.8 Å². The Morgan fingerprint density at radius 2 is 1.95 bits per heavy atom. The summed E-state index contributed by atoms with van der Waals surface area (Å²) in [5, 5.41) is 18.4. The standard InChI is InChI=1S/C13H10ClN3O3S/c14-11-3-1-9(5-8(11)7-15)17-21(19,20)10-2-4-13(18)12(16)6-10/h1-6,17-18H,16H2. The Kier molecular flexibility index (Phi) is 3.93. The van der Waals surface area contributed by atoms with Crippen LogP contribution >= 0.6 is 11.6 Å². The number of rotatable bonds is 3. The van der Waals surface area contributed by atoms with Crippen molar-refractivity contribution in [2.75, 3.05) is 10.5 Å². The summed E-state index contributed by atoms with van der Waals surface area (Å²) in [5.74, 6) is -0.202. The van der Waals surface area contributed by atoms with Gasteiger partial charge in [0, 0.05) is 0 Å². The lowest BCUT2D eigenvalue weighted by Gasteiger charge is -2.09. The Balaban J connectivity index is 2.37. The molecule has 6 nitrogen and oxygen atoms in total. The molecule has 0 fully saturated rings. The Morgan fingerprint density at radius 1 is 1.24 bits per heavy atom. The van der Waals surface area contributed by atoms with Gasteiger partial charge in [-0.2, -0.15) is 5.26 Å². The van der Waals surface area contributed by atoms with E-state index in [0.29, 0.717) is 0 Å². The SMILES string of the molecule is N#Cc1cc(NS(=O)(=O)c2ccc(O)c(N)c2)ccc1Cl. The van der Waals surface area contributed by atoms with E-state index in [1.807, 2.05) is 6.07 Å². The smallest absolute Gasteiger partial charge is 0.261 e. The predicted molar refractivity (Wildman–Crippen MR) is 79.5 cm³/mol. The van der Waals surface area contributed by atoms with Crippen molar-refractivity contribution in [3.63, 3.8) is 0 Å². The maximum atomic E-state index is 12.2. The number of sulfonamides is 1. The van der Waals surface area contributed by atoms with Crippen molar-refractivity contribution in [1.82, 2.24) is 0 Å². The van der Waals surface area contributed by atoms with Crippen molar-refractivity contribution in [1.29, 1.82) is 5.26 Å². The zero-order chi connectivity index (χ0) is 15.6. The minimum absolute atomic E-state index is 0.0494. The first-order chi connectivity index (χ1) is 9.83. The van der Waals surface area contributed by atoms with Gasteiger partial charge in [-0.3, -0.25) is 4.72 Å². The maximum absolute atomic E-state index is 12.2. The Labute approximate surface area is 126 Å². The number of halogens is 1. The first kappa shape index (κ1) is 15.0. The average molecular weight is 324 g/mol. The average Bonchev–Trinajstić information content (AvgIpc) is 2.43. The summed E-state index contributed by atoms with van der Waals surface area (Å²) in [7, 11) is -3.88. The van der Waals surface area contributed by atoms with E-state index in [1.54, 1.807) is 0 Å². The summed E-state index contributed by atoms with van der Waals surface area (Å²) in [6.07, 6.45) is 0. The lowest BCUT2D eigenvalue weighted by atomic mass is 10.2. The second-order valence-corrected chi connectivity index (χ2v) is 6.22. The predicted octanol–water partition coefficient (Wildman–Crippen LogP) is 2.30. The summed E-state index contributed by atoms with van der Waals surface area (Å²) < 4.78 is 26.7. The summed E-state index contributed by atoms with van der Waals surface area (Å²) in [4.78, 5) is -0.105. The molecular formula is C13H10ClN3O3S. The third kappa shape index (κ3) is 3.18. The molecule has 0 unspecified atom stereocenters. The van der Waals surface area contributed by atoms with Crippen LogP contribution in [0.25, 0.3) is 0 Å². The van der Waals surface area contributed by atoms with Gasteiger partial charge in [0.2, 0.25) is 0 Å². The minimum atomic E-state index is -3.88. The van der Waals surface area contributed by atoms with Gasteiger partial charge in [-0.25, -0.2) is 8.42 Å². The maximum Gasteiger partial charge on any atom is 0.261 e. The number of nitriles is 1. The summed E-state index contributed by atoms with van der Waals surface area (Å²) >= 11 is 5.78. The molecule has 0 aromatic heterocycles. The summed E-state index contributed by atoms with van der Waals surface area (Å²) in [5.41, 5.74) is 5.78. The van der Waals surface area contributed by atoms with Crippen LogP contribution in [0.3, 0.4) is 0 Å². The van der Waals surface area contributed by atoms with Crippen LogP contribution in [0.2, 0.25) is 5.02 Å². The number of anilines is 2. The fourth-order valence-electron chi connectivity index (χ4n) is 1.59. The summed E-state index contributed by atoms with van der Waals surface area (Å²) in [6.45, 7) is 0. The van der Waals surface area contributed by atoms with E-state index in [-0.39, 0.29) is 32.6 Å². The first-order valence-corrected chi connectivity index (χ1v) is 7.50. The van der Waals surface area contributed by atoms with Crippen molar-refractivity contribution < 1.29 is 13.5 Å². The Bertz CT molecular complexity index is 844.